The monoisotopic (exact) mass is 322 g/mol. The smallest absolute Gasteiger partial charge is 0.338 e. The number of hydrogen-bond donors (Lipinski definition) is 0. The first-order valence-electron chi connectivity index (χ1n) is 8.23. The van der Waals surface area contributed by atoms with Crippen molar-refractivity contribution in [2.24, 2.45) is 0 Å². The zero-order valence-electron chi connectivity index (χ0n) is 13.8. The van der Waals surface area contributed by atoms with Crippen LogP contribution in [0.25, 0.3) is 0 Å². The lowest BCUT2D eigenvalue weighted by Gasteiger charge is -2.07. The number of carbonyl (C=O) groups is 2. The topological polar surface area (TPSA) is 61.8 Å². The maximum Gasteiger partial charge on any atom is 0.338 e. The van der Waals surface area contributed by atoms with Gasteiger partial charge in [0, 0.05) is 6.42 Å². The molecule has 0 fully saturated rings. The predicted octanol–water partition coefficient (Wildman–Crippen LogP) is 3.76. The van der Waals surface area contributed by atoms with E-state index in [-0.39, 0.29) is 19.2 Å². The van der Waals surface area contributed by atoms with Crippen molar-refractivity contribution in [1.82, 2.24) is 0 Å². The first kappa shape index (κ1) is 19.0. The molecule has 5 nitrogen and oxygen atoms in total. The van der Waals surface area contributed by atoms with E-state index in [0.29, 0.717) is 25.1 Å². The quantitative estimate of drug-likeness (QED) is 0.314. The van der Waals surface area contributed by atoms with Crippen molar-refractivity contribution < 1.29 is 23.8 Å². The lowest BCUT2D eigenvalue weighted by molar-refractivity contribution is -0.128. The predicted molar refractivity (Wildman–Crippen MR) is 87.6 cm³/mol. The Hall–Kier alpha value is -2.04. The van der Waals surface area contributed by atoms with Crippen molar-refractivity contribution in [2.75, 3.05) is 19.8 Å². The Balaban J connectivity index is 2.21. The van der Waals surface area contributed by atoms with Crippen molar-refractivity contribution in [2.45, 2.75) is 45.4 Å². The molecule has 23 heavy (non-hydrogen) atoms. The fourth-order valence-electron chi connectivity index (χ4n) is 2.02. The molecule has 0 bridgehead atoms. The standard InChI is InChI=1S/C18H26O5/c1-2-3-4-5-6-13-22-17-10-8-16(9-11-17)18(20)23-14-7-12-21-15-19/h8-11,15H,2-7,12-14H2,1H3. The third kappa shape index (κ3) is 8.86. The van der Waals surface area contributed by atoms with E-state index in [9.17, 15) is 9.59 Å². The van der Waals surface area contributed by atoms with Gasteiger partial charge >= 0.3 is 5.97 Å². The summed E-state index contributed by atoms with van der Waals surface area (Å²) in [5, 5.41) is 0. The van der Waals surface area contributed by atoms with Gasteiger partial charge < -0.3 is 14.2 Å². The van der Waals surface area contributed by atoms with Gasteiger partial charge in [-0.1, -0.05) is 32.6 Å². The average Bonchev–Trinajstić information content (AvgIpc) is 2.58. The Morgan fingerprint density at radius 3 is 2.39 bits per heavy atom. The third-order valence-electron chi connectivity index (χ3n) is 3.31. The van der Waals surface area contributed by atoms with E-state index in [2.05, 4.69) is 11.7 Å². The summed E-state index contributed by atoms with van der Waals surface area (Å²) < 4.78 is 15.2. The Bertz CT molecular complexity index is 441. The van der Waals surface area contributed by atoms with Gasteiger partial charge in [0.2, 0.25) is 0 Å². The van der Waals surface area contributed by atoms with Crippen molar-refractivity contribution in [1.29, 1.82) is 0 Å². The van der Waals surface area contributed by atoms with Crippen LogP contribution in [0.1, 0.15) is 55.8 Å². The van der Waals surface area contributed by atoms with Crippen LogP contribution in [0, 0.1) is 0 Å². The van der Waals surface area contributed by atoms with Crippen LogP contribution in [0.3, 0.4) is 0 Å². The van der Waals surface area contributed by atoms with Crippen LogP contribution in [0.2, 0.25) is 0 Å². The molecule has 0 aliphatic rings. The molecule has 0 aromatic heterocycles. The van der Waals surface area contributed by atoms with Gasteiger partial charge in [-0.15, -0.1) is 0 Å². The van der Waals surface area contributed by atoms with Crippen molar-refractivity contribution in [3.05, 3.63) is 29.8 Å². The largest absolute Gasteiger partial charge is 0.494 e. The molecule has 0 radical (unpaired) electrons. The van der Waals surface area contributed by atoms with E-state index in [1.807, 2.05) is 0 Å². The lowest BCUT2D eigenvalue weighted by atomic mass is 10.2. The summed E-state index contributed by atoms with van der Waals surface area (Å²) in [5.74, 6) is 0.374. The van der Waals surface area contributed by atoms with E-state index in [0.717, 1.165) is 12.2 Å². The first-order chi connectivity index (χ1) is 11.3. The van der Waals surface area contributed by atoms with E-state index in [4.69, 9.17) is 9.47 Å². The maximum atomic E-state index is 11.8. The summed E-state index contributed by atoms with van der Waals surface area (Å²) in [5.41, 5.74) is 0.483. The van der Waals surface area contributed by atoms with Crippen LogP contribution in [0.15, 0.2) is 24.3 Å². The second kappa shape index (κ2) is 12.5. The highest BCUT2D eigenvalue weighted by molar-refractivity contribution is 5.89. The summed E-state index contributed by atoms with van der Waals surface area (Å²) in [6, 6.07) is 6.93. The first-order valence-corrected chi connectivity index (χ1v) is 8.23. The summed E-state index contributed by atoms with van der Waals surface area (Å²) in [7, 11) is 0. The molecule has 1 rings (SSSR count). The second-order valence-corrected chi connectivity index (χ2v) is 5.24. The van der Waals surface area contributed by atoms with Crippen LogP contribution in [0.5, 0.6) is 5.75 Å². The van der Waals surface area contributed by atoms with Crippen molar-refractivity contribution >= 4 is 12.4 Å². The highest BCUT2D eigenvalue weighted by Gasteiger charge is 2.07. The SMILES string of the molecule is CCCCCCCOc1ccc(C(=O)OCCCOC=O)cc1. The van der Waals surface area contributed by atoms with Crippen LogP contribution in [-0.2, 0) is 14.3 Å². The number of esters is 1. The molecular formula is C18H26O5. The van der Waals surface area contributed by atoms with E-state index in [1.165, 1.54) is 25.7 Å². The van der Waals surface area contributed by atoms with Gasteiger partial charge in [0.1, 0.15) is 5.75 Å². The molecule has 1 aromatic rings. The minimum absolute atomic E-state index is 0.225. The number of unbranched alkanes of at least 4 members (excludes halogenated alkanes) is 4. The molecule has 0 spiro atoms. The second-order valence-electron chi connectivity index (χ2n) is 5.24. The fraction of sp³-hybridized carbons (Fsp3) is 0.556. The lowest BCUT2D eigenvalue weighted by Crippen LogP contribution is -2.08. The molecular weight excluding hydrogens is 296 g/mol. The summed E-state index contributed by atoms with van der Waals surface area (Å²) in [6.45, 7) is 3.75. The molecule has 0 saturated carbocycles. The zero-order chi connectivity index (χ0) is 16.8. The number of carbonyl (C=O) groups excluding carboxylic acids is 2. The van der Waals surface area contributed by atoms with Gasteiger partial charge in [0.15, 0.2) is 0 Å². The molecule has 0 amide bonds. The normalized spacial score (nSPS) is 10.1. The fourth-order valence-corrected chi connectivity index (χ4v) is 2.02. The van der Waals surface area contributed by atoms with Gasteiger partial charge in [-0.3, -0.25) is 4.79 Å². The molecule has 0 atom stereocenters. The van der Waals surface area contributed by atoms with E-state index in [1.54, 1.807) is 24.3 Å². The zero-order valence-corrected chi connectivity index (χ0v) is 13.8. The van der Waals surface area contributed by atoms with Crippen molar-refractivity contribution in [3.8, 4) is 5.75 Å². The Morgan fingerprint density at radius 1 is 0.957 bits per heavy atom. The summed E-state index contributed by atoms with van der Waals surface area (Å²) >= 11 is 0. The highest BCUT2D eigenvalue weighted by atomic mass is 16.5. The summed E-state index contributed by atoms with van der Waals surface area (Å²) in [6.07, 6.45) is 6.49. The van der Waals surface area contributed by atoms with Crippen molar-refractivity contribution in [3.63, 3.8) is 0 Å². The van der Waals surface area contributed by atoms with Gasteiger partial charge in [0.25, 0.3) is 6.47 Å². The molecule has 0 unspecified atom stereocenters. The maximum absolute atomic E-state index is 11.8. The molecule has 0 saturated heterocycles. The molecule has 0 aliphatic carbocycles. The van der Waals surface area contributed by atoms with Crippen LogP contribution < -0.4 is 4.74 Å². The van der Waals surface area contributed by atoms with Gasteiger partial charge in [0.05, 0.1) is 25.4 Å². The number of hydrogen-bond acceptors (Lipinski definition) is 5. The van der Waals surface area contributed by atoms with E-state index >= 15 is 0 Å². The van der Waals surface area contributed by atoms with Crippen LogP contribution in [-0.4, -0.2) is 32.3 Å². The van der Waals surface area contributed by atoms with Crippen LogP contribution in [0.4, 0.5) is 0 Å². The molecule has 1 aromatic carbocycles. The number of benzene rings is 1. The third-order valence-corrected chi connectivity index (χ3v) is 3.31. The van der Waals surface area contributed by atoms with Crippen LogP contribution >= 0.6 is 0 Å². The number of rotatable bonds is 13. The highest BCUT2D eigenvalue weighted by Crippen LogP contribution is 2.14. The van der Waals surface area contributed by atoms with Gasteiger partial charge in [-0.25, -0.2) is 4.79 Å². The average molecular weight is 322 g/mol. The van der Waals surface area contributed by atoms with Gasteiger partial charge in [-0.2, -0.15) is 0 Å². The molecule has 0 aliphatic heterocycles. The number of ether oxygens (including phenoxy) is 3. The Labute approximate surface area is 137 Å². The molecule has 0 N–H and O–H groups in total. The molecule has 0 heterocycles. The van der Waals surface area contributed by atoms with Gasteiger partial charge in [-0.05, 0) is 30.7 Å². The van der Waals surface area contributed by atoms with E-state index < -0.39 is 0 Å². The molecule has 5 heteroatoms. The minimum Gasteiger partial charge on any atom is -0.494 e. The Morgan fingerprint density at radius 2 is 1.70 bits per heavy atom. The minimum atomic E-state index is -0.387. The summed E-state index contributed by atoms with van der Waals surface area (Å²) in [4.78, 5) is 21.7. The molecule has 128 valence electrons. The Kier molecular flexibility index (Phi) is 10.3.